The van der Waals surface area contributed by atoms with Crippen LogP contribution in [0.15, 0.2) is 53.1 Å². The molecule has 3 aromatic rings. The standard InChI is InChI=1S/C25H32N4O4/c1-5-29(6-2)22(19-8-7-9-21(16-19)32-4)17-26-23(30)14-15-24-27-25(28-33-24)18-10-12-20(31-3)13-11-18/h7-13,16,22H,5-6,14-15,17H2,1-4H3,(H,26,30). The number of nitrogens with zero attached hydrogens (tertiary/aromatic N) is 3. The topological polar surface area (TPSA) is 89.7 Å². The molecule has 3 rings (SSSR count). The van der Waals surface area contributed by atoms with Gasteiger partial charge in [-0.3, -0.25) is 9.69 Å². The molecular formula is C25H32N4O4. The van der Waals surface area contributed by atoms with Crippen LogP contribution in [0.4, 0.5) is 0 Å². The summed E-state index contributed by atoms with van der Waals surface area (Å²) in [4.78, 5) is 19.3. The first-order chi connectivity index (χ1) is 16.1. The van der Waals surface area contributed by atoms with Crippen LogP contribution in [0.1, 0.15) is 37.8 Å². The lowest BCUT2D eigenvalue weighted by Gasteiger charge is -2.30. The number of nitrogens with one attached hydrogen (secondary N) is 1. The maximum atomic E-state index is 12.6. The van der Waals surface area contributed by atoms with Gasteiger partial charge in [0.25, 0.3) is 0 Å². The van der Waals surface area contributed by atoms with Gasteiger partial charge in [0.2, 0.25) is 17.6 Å². The summed E-state index contributed by atoms with van der Waals surface area (Å²) in [7, 11) is 3.28. The lowest BCUT2D eigenvalue weighted by Crippen LogP contribution is -2.38. The number of rotatable bonds is 12. The first-order valence-electron chi connectivity index (χ1n) is 11.2. The SMILES string of the molecule is CCN(CC)C(CNC(=O)CCc1nc(-c2ccc(OC)cc2)no1)c1cccc(OC)c1. The summed E-state index contributed by atoms with van der Waals surface area (Å²) in [6, 6.07) is 15.5. The van der Waals surface area contributed by atoms with Crippen LogP contribution >= 0.6 is 0 Å². The molecule has 0 spiro atoms. The van der Waals surface area contributed by atoms with Crippen molar-refractivity contribution in [2.24, 2.45) is 0 Å². The van der Waals surface area contributed by atoms with E-state index in [1.54, 1.807) is 14.2 Å². The van der Waals surface area contributed by atoms with Crippen LogP contribution in [0, 0.1) is 0 Å². The van der Waals surface area contributed by atoms with E-state index in [2.05, 4.69) is 40.3 Å². The van der Waals surface area contributed by atoms with E-state index in [1.807, 2.05) is 42.5 Å². The first kappa shape index (κ1) is 24.3. The highest BCUT2D eigenvalue weighted by atomic mass is 16.5. The number of ether oxygens (including phenoxy) is 2. The summed E-state index contributed by atoms with van der Waals surface area (Å²) in [5, 5.41) is 7.08. The van der Waals surface area contributed by atoms with Crippen molar-refractivity contribution >= 4 is 5.91 Å². The van der Waals surface area contributed by atoms with Gasteiger partial charge in [0.15, 0.2) is 0 Å². The summed E-state index contributed by atoms with van der Waals surface area (Å²) in [6.45, 7) is 6.51. The van der Waals surface area contributed by atoms with Gasteiger partial charge in [0.1, 0.15) is 11.5 Å². The van der Waals surface area contributed by atoms with Crippen molar-refractivity contribution < 1.29 is 18.8 Å². The average molecular weight is 453 g/mol. The van der Waals surface area contributed by atoms with Gasteiger partial charge in [-0.05, 0) is 55.1 Å². The predicted octanol–water partition coefficient (Wildman–Crippen LogP) is 3.89. The quantitative estimate of drug-likeness (QED) is 0.446. The second-order valence-corrected chi connectivity index (χ2v) is 7.56. The third-order valence-corrected chi connectivity index (χ3v) is 5.61. The van der Waals surface area contributed by atoms with E-state index in [0.29, 0.717) is 24.7 Å². The zero-order valence-electron chi connectivity index (χ0n) is 19.7. The van der Waals surface area contributed by atoms with Crippen LogP contribution in [0.25, 0.3) is 11.4 Å². The maximum absolute atomic E-state index is 12.6. The number of carbonyl (C=O) groups excluding carboxylic acids is 1. The Morgan fingerprint density at radius 1 is 1.06 bits per heavy atom. The third kappa shape index (κ3) is 6.55. The van der Waals surface area contributed by atoms with Crippen molar-refractivity contribution in [1.29, 1.82) is 0 Å². The van der Waals surface area contributed by atoms with E-state index < -0.39 is 0 Å². The minimum atomic E-state index is -0.0563. The van der Waals surface area contributed by atoms with Crippen molar-refractivity contribution in [2.45, 2.75) is 32.7 Å². The fourth-order valence-corrected chi connectivity index (χ4v) is 3.70. The Hall–Kier alpha value is -3.39. The Morgan fingerprint density at radius 2 is 1.79 bits per heavy atom. The molecule has 8 heteroatoms. The van der Waals surface area contributed by atoms with Gasteiger partial charge in [0.05, 0.1) is 20.3 Å². The van der Waals surface area contributed by atoms with Crippen molar-refractivity contribution in [1.82, 2.24) is 20.4 Å². The van der Waals surface area contributed by atoms with E-state index in [1.165, 1.54) is 0 Å². The van der Waals surface area contributed by atoms with Gasteiger partial charge in [-0.2, -0.15) is 4.98 Å². The van der Waals surface area contributed by atoms with Crippen molar-refractivity contribution in [2.75, 3.05) is 33.9 Å². The molecule has 0 aliphatic rings. The molecule has 1 aromatic heterocycles. The number of benzene rings is 2. The second-order valence-electron chi connectivity index (χ2n) is 7.56. The van der Waals surface area contributed by atoms with E-state index in [9.17, 15) is 4.79 Å². The van der Waals surface area contributed by atoms with Crippen molar-refractivity contribution in [3.63, 3.8) is 0 Å². The molecule has 8 nitrogen and oxygen atoms in total. The molecule has 2 aromatic carbocycles. The number of likely N-dealkylation sites (N-methyl/N-ethyl adjacent to an activating group) is 1. The number of hydrogen-bond acceptors (Lipinski definition) is 7. The summed E-state index contributed by atoms with van der Waals surface area (Å²) in [6.07, 6.45) is 0.650. The zero-order valence-corrected chi connectivity index (χ0v) is 19.7. The Labute approximate surface area is 194 Å². The minimum absolute atomic E-state index is 0.0563. The molecule has 1 amide bonds. The Kier molecular flexibility index (Phi) is 8.83. The maximum Gasteiger partial charge on any atom is 0.227 e. The molecule has 1 unspecified atom stereocenters. The van der Waals surface area contributed by atoms with Crippen LogP contribution in [-0.2, 0) is 11.2 Å². The monoisotopic (exact) mass is 452 g/mol. The number of aryl methyl sites for hydroxylation is 1. The lowest BCUT2D eigenvalue weighted by molar-refractivity contribution is -0.121. The molecule has 0 saturated heterocycles. The second kappa shape index (κ2) is 12.0. The summed E-state index contributed by atoms with van der Waals surface area (Å²) < 4.78 is 15.9. The molecule has 0 radical (unpaired) electrons. The van der Waals surface area contributed by atoms with E-state index in [-0.39, 0.29) is 18.4 Å². The van der Waals surface area contributed by atoms with Crippen molar-refractivity contribution in [3.8, 4) is 22.9 Å². The smallest absolute Gasteiger partial charge is 0.227 e. The third-order valence-electron chi connectivity index (χ3n) is 5.61. The Balaban J connectivity index is 1.57. The summed E-state index contributed by atoms with van der Waals surface area (Å²) >= 11 is 0. The zero-order chi connectivity index (χ0) is 23.6. The number of amides is 1. The highest BCUT2D eigenvalue weighted by Gasteiger charge is 2.20. The van der Waals surface area contributed by atoms with Gasteiger partial charge in [-0.1, -0.05) is 31.1 Å². The van der Waals surface area contributed by atoms with Gasteiger partial charge in [0, 0.05) is 24.9 Å². The first-order valence-corrected chi connectivity index (χ1v) is 11.2. The highest BCUT2D eigenvalue weighted by molar-refractivity contribution is 5.76. The summed E-state index contributed by atoms with van der Waals surface area (Å²) in [5.41, 5.74) is 1.94. The van der Waals surface area contributed by atoms with Crippen LogP contribution < -0.4 is 14.8 Å². The summed E-state index contributed by atoms with van der Waals surface area (Å²) in [5.74, 6) is 2.44. The molecule has 1 atom stereocenters. The highest BCUT2D eigenvalue weighted by Crippen LogP contribution is 2.24. The molecule has 0 aliphatic heterocycles. The fourth-order valence-electron chi connectivity index (χ4n) is 3.70. The number of methoxy groups -OCH3 is 2. The number of aromatic nitrogens is 2. The Bertz CT molecular complexity index is 1020. The number of hydrogen-bond donors (Lipinski definition) is 1. The molecule has 0 fully saturated rings. The molecule has 1 N–H and O–H groups in total. The van der Waals surface area contributed by atoms with E-state index >= 15 is 0 Å². The van der Waals surface area contributed by atoms with Crippen LogP contribution in [0.3, 0.4) is 0 Å². The number of carbonyl (C=O) groups is 1. The largest absolute Gasteiger partial charge is 0.497 e. The molecule has 176 valence electrons. The van der Waals surface area contributed by atoms with Gasteiger partial charge in [-0.25, -0.2) is 0 Å². The molecule has 0 bridgehead atoms. The van der Waals surface area contributed by atoms with Crippen LogP contribution in [0.2, 0.25) is 0 Å². The van der Waals surface area contributed by atoms with Crippen molar-refractivity contribution in [3.05, 3.63) is 60.0 Å². The fraction of sp³-hybridized carbons (Fsp3) is 0.400. The lowest BCUT2D eigenvalue weighted by atomic mass is 10.0. The van der Waals surface area contributed by atoms with Gasteiger partial charge in [-0.15, -0.1) is 0 Å². The van der Waals surface area contributed by atoms with Gasteiger partial charge < -0.3 is 19.3 Å². The Morgan fingerprint density at radius 3 is 2.45 bits per heavy atom. The minimum Gasteiger partial charge on any atom is -0.497 e. The van der Waals surface area contributed by atoms with Crippen LogP contribution in [0.5, 0.6) is 11.5 Å². The van der Waals surface area contributed by atoms with Gasteiger partial charge >= 0.3 is 0 Å². The van der Waals surface area contributed by atoms with Crippen LogP contribution in [-0.4, -0.2) is 54.8 Å². The molecule has 1 heterocycles. The molecular weight excluding hydrogens is 420 g/mol. The van der Waals surface area contributed by atoms with E-state index in [0.717, 1.165) is 35.7 Å². The molecule has 0 aliphatic carbocycles. The van der Waals surface area contributed by atoms with E-state index in [4.69, 9.17) is 14.0 Å². The molecule has 0 saturated carbocycles. The normalized spacial score (nSPS) is 11.9. The average Bonchev–Trinajstić information content (AvgIpc) is 3.34. The predicted molar refractivity (Wildman–Crippen MR) is 126 cm³/mol. The molecule has 33 heavy (non-hydrogen) atoms.